The third-order valence-corrected chi connectivity index (χ3v) is 4.20. The molecule has 0 aliphatic rings. The predicted molar refractivity (Wildman–Crippen MR) is 85.0 cm³/mol. The minimum Gasteiger partial charge on any atom is -0.469 e. The number of nitrogens with one attached hydrogen (secondary N) is 1. The lowest BCUT2D eigenvalue weighted by Crippen LogP contribution is -2.31. The number of hydrogen-bond donors (Lipinski definition) is 1. The van der Waals surface area contributed by atoms with Crippen LogP contribution in [0.15, 0.2) is 0 Å². The van der Waals surface area contributed by atoms with E-state index in [9.17, 15) is 9.59 Å². The Balaban J connectivity index is 3.48. The van der Waals surface area contributed by atoms with Gasteiger partial charge in [-0.25, -0.2) is 4.79 Å². The first-order valence-corrected chi connectivity index (χ1v) is 7.41. The van der Waals surface area contributed by atoms with Crippen LogP contribution in [0, 0.1) is 25.2 Å². The Kier molecular flexibility index (Phi) is 5.44. The smallest absolute Gasteiger partial charge is 0.354 e. The third kappa shape index (κ3) is 3.34. The minimum atomic E-state index is -0.398. The molecule has 1 aromatic heterocycles. The van der Waals surface area contributed by atoms with Crippen molar-refractivity contribution in [3.63, 3.8) is 0 Å². The molecular weight excluding hydrogens is 282 g/mol. The fourth-order valence-corrected chi connectivity index (χ4v) is 3.29. The van der Waals surface area contributed by atoms with Crippen LogP contribution < -0.4 is 0 Å². The first kappa shape index (κ1) is 18.3. The fourth-order valence-electron chi connectivity index (χ4n) is 3.29. The van der Waals surface area contributed by atoms with Crippen LogP contribution in [0.25, 0.3) is 0 Å². The number of aryl methyl sites for hydroxylation is 1. The summed E-state index contributed by atoms with van der Waals surface area (Å²) < 4.78 is 9.74. The van der Waals surface area contributed by atoms with Gasteiger partial charge in [0.1, 0.15) is 5.69 Å². The highest BCUT2D eigenvalue weighted by molar-refractivity contribution is 5.90. The average molecular weight is 309 g/mol. The topological polar surface area (TPSA) is 68.4 Å². The molecular formula is C17H27NO4. The number of ether oxygens (including phenoxy) is 2. The highest BCUT2D eigenvalue weighted by Crippen LogP contribution is 2.44. The molecule has 124 valence electrons. The molecule has 1 heterocycles. The Morgan fingerprint density at radius 2 is 1.64 bits per heavy atom. The second kappa shape index (κ2) is 6.55. The molecule has 0 bridgehead atoms. The van der Waals surface area contributed by atoms with Crippen molar-refractivity contribution in [3.05, 3.63) is 22.5 Å². The summed E-state index contributed by atoms with van der Waals surface area (Å²) in [4.78, 5) is 27.1. The van der Waals surface area contributed by atoms with Crippen LogP contribution in [-0.2, 0) is 14.3 Å². The Morgan fingerprint density at radius 3 is 2.05 bits per heavy atom. The first-order chi connectivity index (χ1) is 10.1. The van der Waals surface area contributed by atoms with Crippen LogP contribution in [0.3, 0.4) is 0 Å². The van der Waals surface area contributed by atoms with Crippen LogP contribution >= 0.6 is 0 Å². The van der Waals surface area contributed by atoms with E-state index in [2.05, 4.69) is 25.8 Å². The van der Waals surface area contributed by atoms with Crippen molar-refractivity contribution >= 4 is 11.9 Å². The van der Waals surface area contributed by atoms with Gasteiger partial charge in [-0.1, -0.05) is 27.7 Å². The van der Waals surface area contributed by atoms with Gasteiger partial charge >= 0.3 is 11.9 Å². The molecule has 5 nitrogen and oxygen atoms in total. The molecule has 0 aliphatic carbocycles. The van der Waals surface area contributed by atoms with Gasteiger partial charge in [-0.15, -0.1) is 0 Å². The van der Waals surface area contributed by atoms with Crippen LogP contribution in [0.1, 0.15) is 60.9 Å². The predicted octanol–water partition coefficient (Wildman–Crippen LogP) is 3.36. The number of aromatic nitrogens is 1. The number of carbonyl (C=O) groups is 2. The molecule has 0 spiro atoms. The molecule has 1 N–H and O–H groups in total. The SMILES string of the molecule is COC(=O)c1[nH]c(C)c([C@H](C(C)C(=O)OC)C(C)(C)C)c1C. The van der Waals surface area contributed by atoms with E-state index < -0.39 is 5.97 Å². The summed E-state index contributed by atoms with van der Waals surface area (Å²) in [5.74, 6) is -1.04. The number of aromatic amines is 1. The van der Waals surface area contributed by atoms with Crippen LogP contribution in [0.4, 0.5) is 0 Å². The summed E-state index contributed by atoms with van der Waals surface area (Å²) in [6.45, 7) is 11.9. The number of esters is 2. The maximum Gasteiger partial charge on any atom is 0.354 e. The fraction of sp³-hybridized carbons (Fsp3) is 0.647. The first-order valence-electron chi connectivity index (χ1n) is 7.41. The van der Waals surface area contributed by atoms with E-state index in [4.69, 9.17) is 9.47 Å². The molecule has 0 amide bonds. The normalized spacial score (nSPS) is 14.4. The van der Waals surface area contributed by atoms with Crippen molar-refractivity contribution in [2.75, 3.05) is 14.2 Å². The van der Waals surface area contributed by atoms with Gasteiger partial charge in [0.05, 0.1) is 20.1 Å². The molecule has 0 saturated heterocycles. The third-order valence-electron chi connectivity index (χ3n) is 4.20. The van der Waals surface area contributed by atoms with Gasteiger partial charge in [0, 0.05) is 11.6 Å². The van der Waals surface area contributed by atoms with Crippen LogP contribution in [0.5, 0.6) is 0 Å². The van der Waals surface area contributed by atoms with Gasteiger partial charge in [0.2, 0.25) is 0 Å². The average Bonchev–Trinajstić information content (AvgIpc) is 2.72. The van der Waals surface area contributed by atoms with Crippen LogP contribution in [-0.4, -0.2) is 31.1 Å². The van der Waals surface area contributed by atoms with E-state index in [-0.39, 0.29) is 23.2 Å². The van der Waals surface area contributed by atoms with Crippen molar-refractivity contribution in [2.24, 2.45) is 11.3 Å². The Bertz CT molecular complexity index is 566. The minimum absolute atomic E-state index is 0.0744. The van der Waals surface area contributed by atoms with Crippen molar-refractivity contribution in [1.82, 2.24) is 4.98 Å². The zero-order valence-corrected chi connectivity index (χ0v) is 14.8. The summed E-state index contributed by atoms with van der Waals surface area (Å²) in [7, 11) is 2.76. The number of H-pyrrole nitrogens is 1. The van der Waals surface area contributed by atoms with Crippen LogP contribution in [0.2, 0.25) is 0 Å². The van der Waals surface area contributed by atoms with Crippen molar-refractivity contribution in [3.8, 4) is 0 Å². The number of rotatable bonds is 4. The Labute approximate surface area is 132 Å². The zero-order chi connectivity index (χ0) is 17.2. The standard InChI is InChI=1S/C17H27NO4/c1-9-12(11(3)18-14(9)16(20)22-8)13(17(4,5)6)10(2)15(19)21-7/h10,13,18H,1-8H3/t10?,13-/m0/s1. The molecule has 5 heteroatoms. The van der Waals surface area contributed by atoms with Gasteiger partial charge in [-0.05, 0) is 30.4 Å². The van der Waals surface area contributed by atoms with E-state index in [0.717, 1.165) is 16.8 Å². The molecule has 1 rings (SSSR count). The Hall–Kier alpha value is -1.78. The van der Waals surface area contributed by atoms with E-state index in [0.29, 0.717) is 5.69 Å². The number of hydrogen-bond acceptors (Lipinski definition) is 4. The summed E-state index contributed by atoms with van der Waals surface area (Å²) in [5, 5.41) is 0. The Morgan fingerprint density at radius 1 is 1.09 bits per heavy atom. The van der Waals surface area contributed by atoms with E-state index in [1.807, 2.05) is 20.8 Å². The van der Waals surface area contributed by atoms with Gasteiger partial charge in [-0.2, -0.15) is 0 Å². The number of methoxy groups -OCH3 is 2. The van der Waals surface area contributed by atoms with Crippen molar-refractivity contribution < 1.29 is 19.1 Å². The second-order valence-electron chi connectivity index (χ2n) is 6.81. The maximum atomic E-state index is 12.1. The monoisotopic (exact) mass is 309 g/mol. The molecule has 0 fully saturated rings. The summed E-state index contributed by atoms with van der Waals surface area (Å²) in [6, 6.07) is 0. The lowest BCUT2D eigenvalue weighted by Gasteiger charge is -2.35. The largest absolute Gasteiger partial charge is 0.469 e. The summed E-state index contributed by atoms with van der Waals surface area (Å²) >= 11 is 0. The van der Waals surface area contributed by atoms with Gasteiger partial charge < -0.3 is 14.5 Å². The van der Waals surface area contributed by atoms with E-state index in [1.54, 1.807) is 0 Å². The molecule has 2 atom stereocenters. The lowest BCUT2D eigenvalue weighted by atomic mass is 9.69. The molecule has 0 saturated carbocycles. The summed E-state index contributed by atoms with van der Waals surface area (Å²) in [5.41, 5.74) is 2.99. The summed E-state index contributed by atoms with van der Waals surface area (Å²) in [6.07, 6.45) is 0. The lowest BCUT2D eigenvalue weighted by molar-refractivity contribution is -0.146. The maximum absolute atomic E-state index is 12.1. The zero-order valence-electron chi connectivity index (χ0n) is 14.8. The highest BCUT2D eigenvalue weighted by Gasteiger charge is 2.39. The highest BCUT2D eigenvalue weighted by atomic mass is 16.5. The molecule has 0 radical (unpaired) electrons. The van der Waals surface area contributed by atoms with E-state index in [1.165, 1.54) is 14.2 Å². The molecule has 0 aromatic carbocycles. The van der Waals surface area contributed by atoms with Crippen molar-refractivity contribution in [1.29, 1.82) is 0 Å². The molecule has 1 unspecified atom stereocenters. The van der Waals surface area contributed by atoms with Gasteiger partial charge in [-0.3, -0.25) is 4.79 Å². The number of carbonyl (C=O) groups excluding carboxylic acids is 2. The van der Waals surface area contributed by atoms with Crippen molar-refractivity contribution in [2.45, 2.75) is 47.5 Å². The quantitative estimate of drug-likeness (QED) is 0.866. The molecule has 1 aromatic rings. The molecule has 22 heavy (non-hydrogen) atoms. The van der Waals surface area contributed by atoms with E-state index >= 15 is 0 Å². The van der Waals surface area contributed by atoms with Gasteiger partial charge in [0.15, 0.2) is 0 Å². The second-order valence-corrected chi connectivity index (χ2v) is 6.81. The van der Waals surface area contributed by atoms with Gasteiger partial charge in [0.25, 0.3) is 0 Å². The molecule has 0 aliphatic heterocycles.